The van der Waals surface area contributed by atoms with Crippen LogP contribution < -0.4 is 10.6 Å². The van der Waals surface area contributed by atoms with E-state index in [1.54, 1.807) is 19.2 Å². The maximum absolute atomic E-state index is 10.6. The van der Waals surface area contributed by atoms with Crippen molar-refractivity contribution in [2.75, 3.05) is 13.6 Å². The number of nitrogens with zero attached hydrogens (tertiary/aromatic N) is 2. The second-order valence-corrected chi connectivity index (χ2v) is 4.91. The summed E-state index contributed by atoms with van der Waals surface area (Å²) in [6, 6.07) is 6.52. The van der Waals surface area contributed by atoms with Gasteiger partial charge in [0.25, 0.3) is 5.69 Å². The average Bonchev–Trinajstić information content (AvgIpc) is 2.51. The molecule has 22 heavy (non-hydrogen) atoms. The van der Waals surface area contributed by atoms with Gasteiger partial charge in [-0.15, -0.1) is 24.0 Å². The van der Waals surface area contributed by atoms with E-state index in [-0.39, 0.29) is 29.7 Å². The van der Waals surface area contributed by atoms with E-state index in [1.165, 1.54) is 12.1 Å². The number of hydrogen-bond donors (Lipinski definition) is 2. The Morgan fingerprint density at radius 1 is 1.23 bits per heavy atom. The second kappa shape index (κ2) is 11.2. The van der Waals surface area contributed by atoms with Crippen LogP contribution in [0, 0.1) is 16.0 Å². The van der Waals surface area contributed by atoms with Gasteiger partial charge in [0.2, 0.25) is 0 Å². The highest BCUT2D eigenvalue weighted by atomic mass is 127. The molecule has 7 heteroatoms. The number of nitro groups is 1. The molecule has 0 aliphatic heterocycles. The Bertz CT molecular complexity index is 473. The lowest BCUT2D eigenvalue weighted by Crippen LogP contribution is -2.39. The molecule has 1 aromatic rings. The molecule has 0 amide bonds. The van der Waals surface area contributed by atoms with Gasteiger partial charge in [0.05, 0.1) is 4.92 Å². The minimum Gasteiger partial charge on any atom is -0.356 e. The molecular weight excluding hydrogens is 395 g/mol. The van der Waals surface area contributed by atoms with Gasteiger partial charge in [-0.2, -0.15) is 0 Å². The van der Waals surface area contributed by atoms with Gasteiger partial charge in [-0.25, -0.2) is 0 Å². The van der Waals surface area contributed by atoms with E-state index in [4.69, 9.17) is 0 Å². The van der Waals surface area contributed by atoms with Gasteiger partial charge in [-0.3, -0.25) is 15.1 Å². The number of aliphatic imine (C=N–C) groups is 1. The third kappa shape index (κ3) is 7.06. The zero-order valence-corrected chi connectivity index (χ0v) is 15.7. The first-order valence-corrected chi connectivity index (χ1v) is 7.28. The van der Waals surface area contributed by atoms with Crippen molar-refractivity contribution in [3.05, 3.63) is 39.9 Å². The van der Waals surface area contributed by atoms with Crippen molar-refractivity contribution >= 4 is 35.6 Å². The first-order valence-electron chi connectivity index (χ1n) is 7.28. The maximum atomic E-state index is 10.6. The Labute approximate surface area is 149 Å². The SMILES string of the molecule is CCC(CC)CNC(=NC)NCc1ccc([N+](=O)[O-])cc1.I. The number of benzene rings is 1. The van der Waals surface area contributed by atoms with Crippen molar-refractivity contribution in [3.8, 4) is 0 Å². The fourth-order valence-corrected chi connectivity index (χ4v) is 1.96. The summed E-state index contributed by atoms with van der Waals surface area (Å²) < 4.78 is 0. The van der Waals surface area contributed by atoms with Gasteiger partial charge < -0.3 is 10.6 Å². The number of guanidine groups is 1. The van der Waals surface area contributed by atoms with Crippen LogP contribution >= 0.6 is 24.0 Å². The number of halogens is 1. The van der Waals surface area contributed by atoms with Gasteiger partial charge in [0.1, 0.15) is 0 Å². The van der Waals surface area contributed by atoms with Crippen LogP contribution in [0.4, 0.5) is 5.69 Å². The van der Waals surface area contributed by atoms with Crippen LogP contribution in [-0.2, 0) is 6.54 Å². The molecule has 0 bridgehead atoms. The molecule has 0 unspecified atom stereocenters. The standard InChI is InChI=1S/C15H24N4O2.HI/c1-4-12(5-2)10-17-15(16-3)18-11-13-6-8-14(9-7-13)19(20)21;/h6-9,12H,4-5,10-11H2,1-3H3,(H2,16,17,18);1H. The van der Waals surface area contributed by atoms with E-state index in [0.717, 1.165) is 30.9 Å². The van der Waals surface area contributed by atoms with Gasteiger partial charge in [0, 0.05) is 32.3 Å². The minimum absolute atomic E-state index is 0. The minimum atomic E-state index is -0.396. The van der Waals surface area contributed by atoms with E-state index in [1.807, 2.05) is 0 Å². The Hall–Kier alpha value is -1.38. The van der Waals surface area contributed by atoms with Crippen LogP contribution in [0.1, 0.15) is 32.3 Å². The number of nitro benzene ring substituents is 1. The van der Waals surface area contributed by atoms with E-state index >= 15 is 0 Å². The van der Waals surface area contributed by atoms with Gasteiger partial charge in [0.15, 0.2) is 5.96 Å². The summed E-state index contributed by atoms with van der Waals surface area (Å²) in [6.45, 7) is 5.85. The summed E-state index contributed by atoms with van der Waals surface area (Å²) in [7, 11) is 1.73. The summed E-state index contributed by atoms with van der Waals surface area (Å²) in [5, 5.41) is 17.1. The summed E-state index contributed by atoms with van der Waals surface area (Å²) in [4.78, 5) is 14.4. The van der Waals surface area contributed by atoms with Gasteiger partial charge >= 0.3 is 0 Å². The lowest BCUT2D eigenvalue weighted by molar-refractivity contribution is -0.384. The smallest absolute Gasteiger partial charge is 0.269 e. The Kier molecular flexibility index (Phi) is 10.5. The van der Waals surface area contributed by atoms with Crippen LogP contribution in [0.15, 0.2) is 29.3 Å². The quantitative estimate of drug-likeness (QED) is 0.233. The first kappa shape index (κ1) is 20.6. The van der Waals surface area contributed by atoms with E-state index in [0.29, 0.717) is 12.5 Å². The molecule has 0 aliphatic carbocycles. The van der Waals surface area contributed by atoms with Crippen molar-refractivity contribution in [2.24, 2.45) is 10.9 Å². The molecule has 1 rings (SSSR count). The third-order valence-corrected chi connectivity index (χ3v) is 3.54. The highest BCUT2D eigenvalue weighted by molar-refractivity contribution is 14.0. The molecule has 0 fully saturated rings. The molecule has 0 heterocycles. The lowest BCUT2D eigenvalue weighted by Gasteiger charge is -2.16. The van der Waals surface area contributed by atoms with Crippen molar-refractivity contribution in [1.82, 2.24) is 10.6 Å². The zero-order chi connectivity index (χ0) is 15.7. The molecule has 0 saturated carbocycles. The number of non-ortho nitro benzene ring substituents is 1. The molecule has 0 spiro atoms. The molecule has 0 aliphatic rings. The Balaban J connectivity index is 0.00000441. The third-order valence-electron chi connectivity index (χ3n) is 3.54. The first-order chi connectivity index (χ1) is 10.1. The van der Waals surface area contributed by atoms with Crippen LogP contribution in [-0.4, -0.2) is 24.5 Å². The van der Waals surface area contributed by atoms with Crippen molar-refractivity contribution < 1.29 is 4.92 Å². The predicted molar refractivity (Wildman–Crippen MR) is 101 cm³/mol. The molecule has 0 atom stereocenters. The average molecular weight is 420 g/mol. The van der Waals surface area contributed by atoms with Crippen LogP contribution in [0.25, 0.3) is 0 Å². The number of rotatable bonds is 7. The van der Waals surface area contributed by atoms with Crippen molar-refractivity contribution in [2.45, 2.75) is 33.2 Å². The van der Waals surface area contributed by atoms with E-state index < -0.39 is 4.92 Å². The summed E-state index contributed by atoms with van der Waals surface area (Å²) in [5.41, 5.74) is 1.08. The summed E-state index contributed by atoms with van der Waals surface area (Å²) >= 11 is 0. The van der Waals surface area contributed by atoms with Crippen LogP contribution in [0.2, 0.25) is 0 Å². The molecule has 0 aromatic heterocycles. The van der Waals surface area contributed by atoms with E-state index in [9.17, 15) is 10.1 Å². The summed E-state index contributed by atoms with van der Waals surface area (Å²) in [5.74, 6) is 1.39. The van der Waals surface area contributed by atoms with Crippen molar-refractivity contribution in [1.29, 1.82) is 0 Å². The maximum Gasteiger partial charge on any atom is 0.269 e. The molecular formula is C15H25IN4O2. The molecule has 0 radical (unpaired) electrons. The molecule has 124 valence electrons. The van der Waals surface area contributed by atoms with Crippen LogP contribution in [0.3, 0.4) is 0 Å². The molecule has 2 N–H and O–H groups in total. The normalized spacial score (nSPS) is 11.0. The van der Waals surface area contributed by atoms with Gasteiger partial charge in [-0.1, -0.05) is 38.8 Å². The topological polar surface area (TPSA) is 79.6 Å². The fourth-order valence-electron chi connectivity index (χ4n) is 1.96. The lowest BCUT2D eigenvalue weighted by atomic mass is 10.0. The number of hydrogen-bond acceptors (Lipinski definition) is 3. The van der Waals surface area contributed by atoms with Crippen molar-refractivity contribution in [3.63, 3.8) is 0 Å². The monoisotopic (exact) mass is 420 g/mol. The van der Waals surface area contributed by atoms with Gasteiger partial charge in [-0.05, 0) is 11.5 Å². The summed E-state index contributed by atoms with van der Waals surface area (Å²) in [6.07, 6.45) is 2.28. The molecule has 0 saturated heterocycles. The molecule has 1 aromatic carbocycles. The predicted octanol–water partition coefficient (Wildman–Crippen LogP) is 3.31. The highest BCUT2D eigenvalue weighted by Crippen LogP contribution is 2.11. The van der Waals surface area contributed by atoms with E-state index in [2.05, 4.69) is 29.5 Å². The highest BCUT2D eigenvalue weighted by Gasteiger charge is 2.06. The second-order valence-electron chi connectivity index (χ2n) is 4.91. The van der Waals surface area contributed by atoms with Crippen LogP contribution in [0.5, 0.6) is 0 Å². The fraction of sp³-hybridized carbons (Fsp3) is 0.533. The Morgan fingerprint density at radius 2 is 1.82 bits per heavy atom. The molecule has 6 nitrogen and oxygen atoms in total. The largest absolute Gasteiger partial charge is 0.356 e. The Morgan fingerprint density at radius 3 is 2.27 bits per heavy atom. The number of nitrogens with one attached hydrogen (secondary N) is 2. The zero-order valence-electron chi connectivity index (χ0n) is 13.3.